The second-order valence-corrected chi connectivity index (χ2v) is 4.96. The largest absolute Gasteiger partial charge is 0.358 e. The van der Waals surface area contributed by atoms with Crippen LogP contribution < -0.4 is 0 Å². The topological polar surface area (TPSA) is 36.1 Å². The lowest BCUT2D eigenvalue weighted by Crippen LogP contribution is -2.21. The molecule has 0 radical (unpaired) electrons. The number of carbonyl (C=O) groups is 1. The summed E-state index contributed by atoms with van der Waals surface area (Å²) in [6, 6.07) is 8.35. The highest BCUT2D eigenvalue weighted by Gasteiger charge is 2.10. The second kappa shape index (κ2) is 5.36. The molecular weight excluding hydrogens is 224 g/mol. The van der Waals surface area contributed by atoms with Crippen LogP contribution in [0.4, 0.5) is 0 Å². The van der Waals surface area contributed by atoms with Crippen molar-refractivity contribution in [3.63, 3.8) is 0 Å². The first-order valence-electron chi connectivity index (χ1n) is 6.32. The first kappa shape index (κ1) is 12.8. The van der Waals surface area contributed by atoms with E-state index in [9.17, 15) is 4.79 Å². The van der Waals surface area contributed by atoms with Crippen molar-refractivity contribution >= 4 is 16.7 Å². The number of nitrogens with zero attached hydrogens (tertiary/aromatic N) is 1. The molecule has 1 aromatic heterocycles. The van der Waals surface area contributed by atoms with E-state index < -0.39 is 0 Å². The standard InChI is InChI=1S/C15H20N2O/c1-11(18)8-9-17(3)10-14-12(2)16-15-7-5-4-6-13(14)15/h4-7,16H,8-10H2,1-3H3. The summed E-state index contributed by atoms with van der Waals surface area (Å²) in [5, 5.41) is 1.28. The second-order valence-electron chi connectivity index (χ2n) is 4.96. The molecule has 0 aliphatic carbocycles. The molecule has 0 bridgehead atoms. The molecule has 1 N–H and O–H groups in total. The van der Waals surface area contributed by atoms with Gasteiger partial charge in [-0.3, -0.25) is 4.79 Å². The lowest BCUT2D eigenvalue weighted by molar-refractivity contribution is -0.117. The van der Waals surface area contributed by atoms with Gasteiger partial charge in [-0.2, -0.15) is 0 Å². The predicted octanol–water partition coefficient (Wildman–Crippen LogP) is 2.89. The van der Waals surface area contributed by atoms with Crippen molar-refractivity contribution in [3.05, 3.63) is 35.5 Å². The van der Waals surface area contributed by atoms with E-state index in [2.05, 4.69) is 42.1 Å². The van der Waals surface area contributed by atoms with Gasteiger partial charge in [0.05, 0.1) is 0 Å². The Labute approximate surface area is 108 Å². The van der Waals surface area contributed by atoms with Gasteiger partial charge in [0.1, 0.15) is 5.78 Å². The number of fused-ring (bicyclic) bond motifs is 1. The number of hydrogen-bond donors (Lipinski definition) is 1. The number of aromatic amines is 1. The average molecular weight is 244 g/mol. The van der Waals surface area contributed by atoms with Crippen LogP contribution in [0.25, 0.3) is 10.9 Å². The van der Waals surface area contributed by atoms with Crippen LogP contribution >= 0.6 is 0 Å². The molecule has 0 saturated carbocycles. The molecule has 0 amide bonds. The molecule has 3 nitrogen and oxygen atoms in total. The van der Waals surface area contributed by atoms with Gasteiger partial charge in [-0.15, -0.1) is 0 Å². The van der Waals surface area contributed by atoms with Crippen LogP contribution in [0.15, 0.2) is 24.3 Å². The number of rotatable bonds is 5. The molecule has 0 spiro atoms. The first-order valence-corrected chi connectivity index (χ1v) is 6.32. The van der Waals surface area contributed by atoms with Gasteiger partial charge in [0.2, 0.25) is 0 Å². The number of nitrogens with one attached hydrogen (secondary N) is 1. The van der Waals surface area contributed by atoms with E-state index in [0.29, 0.717) is 6.42 Å². The van der Waals surface area contributed by atoms with Crippen LogP contribution in [0.5, 0.6) is 0 Å². The molecule has 3 heteroatoms. The van der Waals surface area contributed by atoms with Gasteiger partial charge < -0.3 is 9.88 Å². The average Bonchev–Trinajstić information content (AvgIpc) is 2.64. The summed E-state index contributed by atoms with van der Waals surface area (Å²) in [7, 11) is 2.06. The van der Waals surface area contributed by atoms with Crippen molar-refractivity contribution < 1.29 is 4.79 Å². The van der Waals surface area contributed by atoms with Crippen molar-refractivity contribution in [3.8, 4) is 0 Å². The molecule has 0 unspecified atom stereocenters. The highest BCUT2D eigenvalue weighted by molar-refractivity contribution is 5.84. The summed E-state index contributed by atoms with van der Waals surface area (Å²) in [5.41, 5.74) is 3.73. The van der Waals surface area contributed by atoms with Crippen molar-refractivity contribution in [1.29, 1.82) is 0 Å². The highest BCUT2D eigenvalue weighted by atomic mass is 16.1. The minimum absolute atomic E-state index is 0.248. The van der Waals surface area contributed by atoms with Gasteiger partial charge >= 0.3 is 0 Å². The number of H-pyrrole nitrogens is 1. The Kier molecular flexibility index (Phi) is 3.82. The molecule has 0 atom stereocenters. The number of carbonyl (C=O) groups excluding carboxylic acids is 1. The van der Waals surface area contributed by atoms with Gasteiger partial charge in [-0.25, -0.2) is 0 Å². The molecule has 2 rings (SSSR count). The maximum absolute atomic E-state index is 11.0. The fraction of sp³-hybridized carbons (Fsp3) is 0.400. The minimum atomic E-state index is 0.248. The van der Waals surface area contributed by atoms with Crippen molar-refractivity contribution in [2.75, 3.05) is 13.6 Å². The maximum atomic E-state index is 11.0. The minimum Gasteiger partial charge on any atom is -0.358 e. The zero-order valence-corrected chi connectivity index (χ0v) is 11.3. The Hall–Kier alpha value is -1.61. The van der Waals surface area contributed by atoms with E-state index in [1.54, 1.807) is 6.92 Å². The molecule has 18 heavy (non-hydrogen) atoms. The molecule has 0 aliphatic heterocycles. The van der Waals surface area contributed by atoms with Crippen molar-refractivity contribution in [1.82, 2.24) is 9.88 Å². The SMILES string of the molecule is CC(=O)CCN(C)Cc1c(C)[nH]c2ccccc12. The number of para-hydroxylation sites is 1. The van der Waals surface area contributed by atoms with E-state index in [0.717, 1.165) is 13.1 Å². The Balaban J connectivity index is 2.15. The van der Waals surface area contributed by atoms with E-state index in [1.807, 2.05) is 6.07 Å². The maximum Gasteiger partial charge on any atom is 0.131 e. The molecule has 1 heterocycles. The molecule has 0 saturated heterocycles. The smallest absolute Gasteiger partial charge is 0.131 e. The van der Waals surface area contributed by atoms with Crippen LogP contribution in [0.1, 0.15) is 24.6 Å². The lowest BCUT2D eigenvalue weighted by atomic mass is 10.1. The van der Waals surface area contributed by atoms with Crippen LogP contribution in [0.2, 0.25) is 0 Å². The molecule has 0 aliphatic rings. The normalized spacial score (nSPS) is 11.3. The quantitative estimate of drug-likeness (QED) is 0.878. The molecule has 2 aromatic rings. The van der Waals surface area contributed by atoms with Gasteiger partial charge in [-0.1, -0.05) is 18.2 Å². The van der Waals surface area contributed by atoms with Gasteiger partial charge in [0.15, 0.2) is 0 Å². The lowest BCUT2D eigenvalue weighted by Gasteiger charge is -2.16. The summed E-state index contributed by atoms with van der Waals surface area (Å²) in [5.74, 6) is 0.248. The van der Waals surface area contributed by atoms with Crippen LogP contribution in [0, 0.1) is 6.92 Å². The summed E-state index contributed by atoms with van der Waals surface area (Å²) in [6.07, 6.45) is 0.623. The van der Waals surface area contributed by atoms with E-state index in [1.165, 1.54) is 22.2 Å². The molecular formula is C15H20N2O. The summed E-state index contributed by atoms with van der Waals surface area (Å²) in [6.45, 7) is 5.44. The third-order valence-corrected chi connectivity index (χ3v) is 3.30. The number of hydrogen-bond acceptors (Lipinski definition) is 2. The van der Waals surface area contributed by atoms with Gasteiger partial charge in [0.25, 0.3) is 0 Å². The number of benzene rings is 1. The predicted molar refractivity (Wildman–Crippen MR) is 74.7 cm³/mol. The molecule has 96 valence electrons. The third-order valence-electron chi connectivity index (χ3n) is 3.30. The van der Waals surface area contributed by atoms with E-state index >= 15 is 0 Å². The number of ketones is 1. The molecule has 0 fully saturated rings. The first-order chi connectivity index (χ1) is 8.58. The van der Waals surface area contributed by atoms with E-state index in [4.69, 9.17) is 0 Å². The summed E-state index contributed by atoms with van der Waals surface area (Å²) < 4.78 is 0. The number of aryl methyl sites for hydroxylation is 1. The van der Waals surface area contributed by atoms with Crippen LogP contribution in [-0.2, 0) is 11.3 Å². The third kappa shape index (κ3) is 2.79. The Morgan fingerprint density at radius 2 is 2.06 bits per heavy atom. The van der Waals surface area contributed by atoms with Crippen LogP contribution in [0.3, 0.4) is 0 Å². The zero-order valence-electron chi connectivity index (χ0n) is 11.3. The summed E-state index contributed by atoms with van der Waals surface area (Å²) in [4.78, 5) is 16.6. The Morgan fingerprint density at radius 1 is 1.33 bits per heavy atom. The monoisotopic (exact) mass is 244 g/mol. The Morgan fingerprint density at radius 3 is 2.78 bits per heavy atom. The number of aromatic nitrogens is 1. The zero-order chi connectivity index (χ0) is 13.1. The summed E-state index contributed by atoms with van der Waals surface area (Å²) >= 11 is 0. The fourth-order valence-corrected chi connectivity index (χ4v) is 2.24. The fourth-order valence-electron chi connectivity index (χ4n) is 2.24. The Bertz CT molecular complexity index is 557. The highest BCUT2D eigenvalue weighted by Crippen LogP contribution is 2.22. The van der Waals surface area contributed by atoms with Crippen LogP contribution in [-0.4, -0.2) is 29.3 Å². The number of Topliss-reactive ketones (excluding diaryl/α,β-unsaturated/α-hetero) is 1. The van der Waals surface area contributed by atoms with Gasteiger partial charge in [0, 0.05) is 36.1 Å². The molecule has 1 aromatic carbocycles. The van der Waals surface area contributed by atoms with E-state index in [-0.39, 0.29) is 5.78 Å². The van der Waals surface area contributed by atoms with Crippen molar-refractivity contribution in [2.24, 2.45) is 0 Å². The van der Waals surface area contributed by atoms with Crippen molar-refractivity contribution in [2.45, 2.75) is 26.8 Å². The van der Waals surface area contributed by atoms with Gasteiger partial charge in [-0.05, 0) is 32.5 Å².